The highest BCUT2D eigenvalue weighted by Crippen LogP contribution is 2.26. The van der Waals surface area contributed by atoms with Gasteiger partial charge in [0.15, 0.2) is 0 Å². The Bertz CT molecular complexity index is 546. The zero-order valence-electron chi connectivity index (χ0n) is 9.20. The molecule has 94 valence electrons. The molecule has 0 saturated heterocycles. The molecule has 1 heterocycles. The second-order valence-electron chi connectivity index (χ2n) is 3.67. The second kappa shape index (κ2) is 5.88. The molecule has 0 radical (unpaired) electrons. The Morgan fingerprint density at radius 2 is 1.89 bits per heavy atom. The number of rotatable bonds is 3. The van der Waals surface area contributed by atoms with Crippen molar-refractivity contribution in [1.29, 1.82) is 0 Å². The van der Waals surface area contributed by atoms with Gasteiger partial charge in [-0.15, -0.1) is 0 Å². The van der Waals surface area contributed by atoms with Crippen molar-refractivity contribution < 1.29 is 4.39 Å². The highest BCUT2D eigenvalue weighted by Gasteiger charge is 2.18. The Balaban J connectivity index is 2.44. The number of nitrogens with one attached hydrogen (secondary N) is 1. The van der Waals surface area contributed by atoms with Gasteiger partial charge in [0.05, 0.1) is 11.7 Å². The molecule has 0 spiro atoms. The summed E-state index contributed by atoms with van der Waals surface area (Å²) in [5.41, 5.74) is 3.68. The van der Waals surface area contributed by atoms with Gasteiger partial charge in [-0.1, -0.05) is 15.9 Å². The molecule has 3 nitrogen and oxygen atoms in total. The largest absolute Gasteiger partial charge is 0.271 e. The van der Waals surface area contributed by atoms with Crippen molar-refractivity contribution in [3.63, 3.8) is 0 Å². The third kappa shape index (κ3) is 2.95. The van der Waals surface area contributed by atoms with Crippen LogP contribution in [0, 0.1) is 5.82 Å². The van der Waals surface area contributed by atoms with Gasteiger partial charge in [-0.05, 0) is 46.3 Å². The molecule has 1 unspecified atom stereocenters. The van der Waals surface area contributed by atoms with Gasteiger partial charge in [0, 0.05) is 20.7 Å². The molecule has 2 rings (SSSR count). The first-order valence-corrected chi connectivity index (χ1v) is 6.73. The third-order valence-corrected chi connectivity index (χ3v) is 3.44. The van der Waals surface area contributed by atoms with Crippen LogP contribution in [0.5, 0.6) is 0 Å². The summed E-state index contributed by atoms with van der Waals surface area (Å²) in [5, 5.41) is 0. The van der Waals surface area contributed by atoms with Crippen molar-refractivity contribution in [1.82, 2.24) is 10.4 Å². The van der Waals surface area contributed by atoms with E-state index in [0.29, 0.717) is 11.3 Å². The first kappa shape index (κ1) is 13.6. The van der Waals surface area contributed by atoms with E-state index in [2.05, 4.69) is 42.3 Å². The summed E-state index contributed by atoms with van der Waals surface area (Å²) < 4.78 is 15.5. The molecule has 3 N–H and O–H groups in total. The SMILES string of the molecule is NNC(c1ccc(Br)cn1)c1cc(Br)ccc1F. The molecule has 0 aliphatic rings. The Hall–Kier alpha value is -0.820. The summed E-state index contributed by atoms with van der Waals surface area (Å²) in [6, 6.07) is 7.85. The Labute approximate surface area is 121 Å². The van der Waals surface area contributed by atoms with Crippen LogP contribution >= 0.6 is 31.9 Å². The second-order valence-corrected chi connectivity index (χ2v) is 5.50. The lowest BCUT2D eigenvalue weighted by atomic mass is 10.0. The van der Waals surface area contributed by atoms with Crippen LogP contribution in [0.25, 0.3) is 0 Å². The number of aromatic nitrogens is 1. The van der Waals surface area contributed by atoms with Crippen LogP contribution in [0.3, 0.4) is 0 Å². The zero-order valence-corrected chi connectivity index (χ0v) is 12.4. The number of hydrogen-bond acceptors (Lipinski definition) is 3. The van der Waals surface area contributed by atoms with Crippen molar-refractivity contribution in [2.24, 2.45) is 5.84 Å². The third-order valence-electron chi connectivity index (χ3n) is 2.48. The van der Waals surface area contributed by atoms with E-state index in [0.717, 1.165) is 8.95 Å². The zero-order chi connectivity index (χ0) is 13.1. The summed E-state index contributed by atoms with van der Waals surface area (Å²) in [6.45, 7) is 0. The topological polar surface area (TPSA) is 50.9 Å². The number of pyridine rings is 1. The van der Waals surface area contributed by atoms with E-state index in [1.54, 1.807) is 24.4 Å². The van der Waals surface area contributed by atoms with Crippen LogP contribution in [0.15, 0.2) is 45.5 Å². The molecule has 0 saturated carbocycles. The molecule has 0 aliphatic carbocycles. The molecule has 0 aliphatic heterocycles. The number of nitrogens with zero attached hydrogens (tertiary/aromatic N) is 1. The number of halogens is 3. The summed E-state index contributed by atoms with van der Waals surface area (Å²) in [6.07, 6.45) is 1.65. The molecular weight excluding hydrogens is 365 g/mol. The van der Waals surface area contributed by atoms with E-state index in [9.17, 15) is 4.39 Å². The minimum absolute atomic E-state index is 0.328. The van der Waals surface area contributed by atoms with Gasteiger partial charge in [0.25, 0.3) is 0 Å². The Morgan fingerprint density at radius 1 is 1.17 bits per heavy atom. The Morgan fingerprint density at radius 3 is 2.50 bits per heavy atom. The van der Waals surface area contributed by atoms with Gasteiger partial charge in [-0.25, -0.2) is 9.82 Å². The lowest BCUT2D eigenvalue weighted by Gasteiger charge is -2.17. The molecule has 1 aromatic carbocycles. The number of nitrogens with two attached hydrogens (primary N) is 1. The molecule has 2 aromatic rings. The number of hydrazine groups is 1. The maximum atomic E-state index is 13.8. The standard InChI is InChI=1S/C12H10Br2FN3/c13-7-1-3-10(15)9(5-7)12(18-16)11-4-2-8(14)6-17-11/h1-6,12,18H,16H2. The van der Waals surface area contributed by atoms with E-state index >= 15 is 0 Å². The minimum Gasteiger partial charge on any atom is -0.271 e. The van der Waals surface area contributed by atoms with Gasteiger partial charge in [-0.2, -0.15) is 0 Å². The average Bonchev–Trinajstić information content (AvgIpc) is 2.37. The fourth-order valence-corrected chi connectivity index (χ4v) is 2.24. The summed E-state index contributed by atoms with van der Waals surface area (Å²) in [7, 11) is 0. The normalized spacial score (nSPS) is 12.4. The van der Waals surface area contributed by atoms with Gasteiger partial charge >= 0.3 is 0 Å². The molecule has 18 heavy (non-hydrogen) atoms. The van der Waals surface area contributed by atoms with Crippen molar-refractivity contribution >= 4 is 31.9 Å². The maximum absolute atomic E-state index is 13.8. The molecule has 6 heteroatoms. The highest BCUT2D eigenvalue weighted by atomic mass is 79.9. The summed E-state index contributed by atoms with van der Waals surface area (Å²) in [4.78, 5) is 4.23. The first-order valence-electron chi connectivity index (χ1n) is 5.14. The molecule has 1 aromatic heterocycles. The molecule has 0 bridgehead atoms. The molecule has 0 amide bonds. The lowest BCUT2D eigenvalue weighted by Crippen LogP contribution is -2.30. The monoisotopic (exact) mass is 373 g/mol. The van der Waals surface area contributed by atoms with Crippen LogP contribution < -0.4 is 11.3 Å². The first-order chi connectivity index (χ1) is 8.61. The minimum atomic E-state index is -0.490. The summed E-state index contributed by atoms with van der Waals surface area (Å²) >= 11 is 6.62. The van der Waals surface area contributed by atoms with E-state index < -0.39 is 6.04 Å². The van der Waals surface area contributed by atoms with Crippen LogP contribution in [0.1, 0.15) is 17.3 Å². The number of hydrogen-bond donors (Lipinski definition) is 2. The van der Waals surface area contributed by atoms with Gasteiger partial charge in [-0.3, -0.25) is 10.8 Å². The predicted octanol–water partition coefficient (Wildman–Crippen LogP) is 3.30. The van der Waals surface area contributed by atoms with Crippen LogP contribution in [0.2, 0.25) is 0 Å². The fourth-order valence-electron chi connectivity index (χ4n) is 1.63. The van der Waals surface area contributed by atoms with E-state index in [1.165, 1.54) is 6.07 Å². The lowest BCUT2D eigenvalue weighted by molar-refractivity contribution is 0.552. The maximum Gasteiger partial charge on any atom is 0.128 e. The summed E-state index contributed by atoms with van der Waals surface area (Å²) in [5.74, 6) is 5.18. The smallest absolute Gasteiger partial charge is 0.128 e. The van der Waals surface area contributed by atoms with Crippen molar-refractivity contribution in [3.05, 3.63) is 62.5 Å². The molecule has 0 fully saturated rings. The number of benzene rings is 1. The van der Waals surface area contributed by atoms with Crippen LogP contribution in [0.4, 0.5) is 4.39 Å². The molecular formula is C12H10Br2FN3. The van der Waals surface area contributed by atoms with E-state index in [1.807, 2.05) is 6.07 Å². The van der Waals surface area contributed by atoms with Crippen molar-refractivity contribution in [2.45, 2.75) is 6.04 Å². The van der Waals surface area contributed by atoms with Gasteiger partial charge < -0.3 is 0 Å². The predicted molar refractivity (Wildman–Crippen MR) is 75.2 cm³/mol. The van der Waals surface area contributed by atoms with Crippen molar-refractivity contribution in [2.75, 3.05) is 0 Å². The quantitative estimate of drug-likeness (QED) is 0.640. The highest BCUT2D eigenvalue weighted by molar-refractivity contribution is 9.10. The van der Waals surface area contributed by atoms with Crippen LogP contribution in [-0.4, -0.2) is 4.98 Å². The Kier molecular flexibility index (Phi) is 4.45. The van der Waals surface area contributed by atoms with Gasteiger partial charge in [0.2, 0.25) is 0 Å². The average molecular weight is 375 g/mol. The van der Waals surface area contributed by atoms with Crippen LogP contribution in [-0.2, 0) is 0 Å². The van der Waals surface area contributed by atoms with E-state index in [4.69, 9.17) is 5.84 Å². The van der Waals surface area contributed by atoms with Gasteiger partial charge in [0.1, 0.15) is 5.82 Å². The van der Waals surface area contributed by atoms with Crippen molar-refractivity contribution in [3.8, 4) is 0 Å². The molecule has 1 atom stereocenters. The fraction of sp³-hybridized carbons (Fsp3) is 0.0833. The van der Waals surface area contributed by atoms with E-state index in [-0.39, 0.29) is 5.82 Å².